The largest absolute Gasteiger partial charge is 0.479 e. The fourth-order valence-corrected chi connectivity index (χ4v) is 3.58. The first-order valence-electron chi connectivity index (χ1n) is 9.39. The van der Waals surface area contributed by atoms with Crippen LogP contribution >= 0.6 is 0 Å². The van der Waals surface area contributed by atoms with Gasteiger partial charge < -0.3 is 15.3 Å². The van der Waals surface area contributed by atoms with E-state index in [0.717, 1.165) is 31.2 Å². The van der Waals surface area contributed by atoms with E-state index in [0.29, 0.717) is 12.1 Å². The molecule has 0 spiro atoms. The maximum absolute atomic E-state index is 13.1. The van der Waals surface area contributed by atoms with Gasteiger partial charge in [-0.05, 0) is 36.1 Å². The number of hydrogen-bond donors (Lipinski definition) is 2. The number of nitrogens with zero attached hydrogens (tertiary/aromatic N) is 2. The van der Waals surface area contributed by atoms with Crippen LogP contribution in [0.15, 0.2) is 54.9 Å². The third-order valence-corrected chi connectivity index (χ3v) is 5.03. The molecule has 0 radical (unpaired) electrons. The highest BCUT2D eigenvalue weighted by atomic mass is 16.4. The molecule has 0 aliphatic heterocycles. The molecule has 27 heavy (non-hydrogen) atoms. The number of carboxylic acids is 1. The molecule has 142 valence electrons. The molecular weight excluding hydrogens is 342 g/mol. The van der Waals surface area contributed by atoms with Crippen molar-refractivity contribution >= 4 is 12.0 Å². The predicted molar refractivity (Wildman–Crippen MR) is 102 cm³/mol. The second kappa shape index (κ2) is 9.16. The lowest BCUT2D eigenvalue weighted by atomic mass is 9.94. The number of benzene rings is 1. The Labute approximate surface area is 159 Å². The fourth-order valence-electron chi connectivity index (χ4n) is 3.58. The first-order chi connectivity index (χ1) is 13.1. The van der Waals surface area contributed by atoms with Crippen LogP contribution in [-0.4, -0.2) is 33.0 Å². The van der Waals surface area contributed by atoms with Crippen LogP contribution in [0.3, 0.4) is 0 Å². The molecule has 1 aromatic carbocycles. The van der Waals surface area contributed by atoms with Crippen LogP contribution in [0, 0.1) is 0 Å². The molecule has 1 atom stereocenters. The highest BCUT2D eigenvalue weighted by Gasteiger charge is 2.29. The average molecular weight is 367 g/mol. The Balaban J connectivity index is 1.79. The number of carbonyl (C=O) groups is 2. The van der Waals surface area contributed by atoms with Gasteiger partial charge in [-0.2, -0.15) is 0 Å². The summed E-state index contributed by atoms with van der Waals surface area (Å²) in [6, 6.07) is 11.3. The van der Waals surface area contributed by atoms with Crippen LogP contribution < -0.4 is 5.32 Å². The van der Waals surface area contributed by atoms with E-state index in [4.69, 9.17) is 0 Å². The summed E-state index contributed by atoms with van der Waals surface area (Å²) in [5, 5.41) is 12.3. The zero-order valence-electron chi connectivity index (χ0n) is 15.3. The van der Waals surface area contributed by atoms with Gasteiger partial charge in [0, 0.05) is 25.0 Å². The first-order valence-corrected chi connectivity index (χ1v) is 9.39. The minimum Gasteiger partial charge on any atom is -0.479 e. The first kappa shape index (κ1) is 18.9. The highest BCUT2D eigenvalue weighted by molar-refractivity contribution is 5.83. The Bertz CT molecular complexity index is 746. The molecule has 1 saturated carbocycles. The van der Waals surface area contributed by atoms with Crippen molar-refractivity contribution in [1.29, 1.82) is 0 Å². The lowest BCUT2D eigenvalue weighted by molar-refractivity contribution is -0.139. The average Bonchev–Trinajstić information content (AvgIpc) is 2.72. The van der Waals surface area contributed by atoms with Crippen LogP contribution in [0.5, 0.6) is 0 Å². The Morgan fingerprint density at radius 3 is 2.37 bits per heavy atom. The number of aliphatic carboxylic acids is 1. The van der Waals surface area contributed by atoms with Crippen LogP contribution in [0.2, 0.25) is 0 Å². The lowest BCUT2D eigenvalue weighted by Gasteiger charge is -2.35. The molecule has 1 unspecified atom stereocenters. The monoisotopic (exact) mass is 367 g/mol. The molecule has 1 aliphatic carbocycles. The van der Waals surface area contributed by atoms with Crippen molar-refractivity contribution in [3.63, 3.8) is 0 Å². The Morgan fingerprint density at radius 1 is 1.07 bits per heavy atom. The molecule has 1 fully saturated rings. The molecule has 3 rings (SSSR count). The summed E-state index contributed by atoms with van der Waals surface area (Å²) in [6.45, 7) is 0.445. The minimum absolute atomic E-state index is 0.122. The van der Waals surface area contributed by atoms with Gasteiger partial charge in [-0.25, -0.2) is 9.59 Å². The molecule has 1 aromatic heterocycles. The van der Waals surface area contributed by atoms with Crippen LogP contribution in [0.1, 0.15) is 49.3 Å². The second-order valence-electron chi connectivity index (χ2n) is 6.91. The van der Waals surface area contributed by atoms with Gasteiger partial charge in [0.05, 0.1) is 0 Å². The summed E-state index contributed by atoms with van der Waals surface area (Å²) in [7, 11) is 0. The van der Waals surface area contributed by atoms with Crippen molar-refractivity contribution in [3.8, 4) is 0 Å². The van der Waals surface area contributed by atoms with Gasteiger partial charge in [0.2, 0.25) is 0 Å². The Hall–Kier alpha value is -2.89. The van der Waals surface area contributed by atoms with E-state index in [1.54, 1.807) is 41.6 Å². The summed E-state index contributed by atoms with van der Waals surface area (Å²) in [5.41, 5.74) is 1.54. The molecule has 2 amide bonds. The third-order valence-electron chi connectivity index (χ3n) is 5.03. The number of aromatic nitrogens is 1. The molecule has 0 saturated heterocycles. The number of carboxylic acid groups (broad SMARTS) is 1. The van der Waals surface area contributed by atoms with E-state index in [2.05, 4.69) is 10.3 Å². The number of carbonyl (C=O) groups excluding carboxylic acids is 1. The Kier molecular flexibility index (Phi) is 6.41. The lowest BCUT2D eigenvalue weighted by Crippen LogP contribution is -2.48. The maximum atomic E-state index is 13.1. The highest BCUT2D eigenvalue weighted by Crippen LogP contribution is 2.25. The number of rotatable bonds is 6. The van der Waals surface area contributed by atoms with Crippen molar-refractivity contribution in [2.75, 3.05) is 0 Å². The van der Waals surface area contributed by atoms with Crippen molar-refractivity contribution in [1.82, 2.24) is 15.2 Å². The van der Waals surface area contributed by atoms with Gasteiger partial charge in [0.25, 0.3) is 0 Å². The maximum Gasteiger partial charge on any atom is 0.330 e. The molecular formula is C21H25N3O3. The van der Waals surface area contributed by atoms with E-state index in [1.165, 1.54) is 6.42 Å². The van der Waals surface area contributed by atoms with Crippen molar-refractivity contribution in [2.45, 2.75) is 50.7 Å². The molecule has 6 nitrogen and oxygen atoms in total. The quantitative estimate of drug-likeness (QED) is 0.814. The van der Waals surface area contributed by atoms with E-state index in [9.17, 15) is 14.7 Å². The SMILES string of the molecule is O=C(O)C(NC(=O)N(Cc1ccncc1)C1CCCCC1)c1ccccc1. The summed E-state index contributed by atoms with van der Waals surface area (Å²) >= 11 is 0. The van der Waals surface area contributed by atoms with Gasteiger partial charge in [0.1, 0.15) is 0 Å². The molecule has 6 heteroatoms. The van der Waals surface area contributed by atoms with Gasteiger partial charge in [0.15, 0.2) is 6.04 Å². The van der Waals surface area contributed by atoms with Crippen molar-refractivity contribution in [3.05, 3.63) is 66.0 Å². The zero-order chi connectivity index (χ0) is 19.1. The van der Waals surface area contributed by atoms with Gasteiger partial charge in [-0.3, -0.25) is 4.98 Å². The molecule has 2 N–H and O–H groups in total. The summed E-state index contributed by atoms with van der Waals surface area (Å²) in [4.78, 5) is 30.6. The third kappa shape index (κ3) is 5.06. The minimum atomic E-state index is -1.07. The number of urea groups is 1. The van der Waals surface area contributed by atoms with Crippen LogP contribution in [0.4, 0.5) is 4.79 Å². The number of hydrogen-bond acceptors (Lipinski definition) is 3. The smallest absolute Gasteiger partial charge is 0.330 e. The second-order valence-corrected chi connectivity index (χ2v) is 6.91. The molecule has 1 heterocycles. The topological polar surface area (TPSA) is 82.5 Å². The molecule has 1 aliphatic rings. The number of amides is 2. The van der Waals surface area contributed by atoms with E-state index in [-0.39, 0.29) is 12.1 Å². The Morgan fingerprint density at radius 2 is 1.74 bits per heavy atom. The van der Waals surface area contributed by atoms with Gasteiger partial charge >= 0.3 is 12.0 Å². The molecule has 2 aromatic rings. The predicted octanol–water partition coefficient (Wildman–Crippen LogP) is 3.75. The van der Waals surface area contributed by atoms with E-state index < -0.39 is 12.0 Å². The molecule has 0 bridgehead atoms. The van der Waals surface area contributed by atoms with Gasteiger partial charge in [-0.1, -0.05) is 49.6 Å². The zero-order valence-corrected chi connectivity index (χ0v) is 15.3. The standard InChI is InChI=1S/C21H25N3O3/c25-20(26)19(17-7-3-1-4-8-17)23-21(27)24(18-9-5-2-6-10-18)15-16-11-13-22-14-12-16/h1,3-4,7-8,11-14,18-19H,2,5-6,9-10,15H2,(H,23,27)(H,25,26). The number of nitrogens with one attached hydrogen (secondary N) is 1. The summed E-state index contributed by atoms with van der Waals surface area (Å²) < 4.78 is 0. The van der Waals surface area contributed by atoms with E-state index >= 15 is 0 Å². The van der Waals surface area contributed by atoms with Gasteiger partial charge in [-0.15, -0.1) is 0 Å². The normalized spacial score (nSPS) is 15.7. The van der Waals surface area contributed by atoms with Crippen LogP contribution in [0.25, 0.3) is 0 Å². The fraction of sp³-hybridized carbons (Fsp3) is 0.381. The van der Waals surface area contributed by atoms with Crippen molar-refractivity contribution < 1.29 is 14.7 Å². The van der Waals surface area contributed by atoms with E-state index in [1.807, 2.05) is 18.2 Å². The number of pyridine rings is 1. The summed E-state index contributed by atoms with van der Waals surface area (Å²) in [6.07, 6.45) is 8.66. The van der Waals surface area contributed by atoms with Crippen LogP contribution in [-0.2, 0) is 11.3 Å². The van der Waals surface area contributed by atoms with Crippen molar-refractivity contribution in [2.24, 2.45) is 0 Å². The summed E-state index contributed by atoms with van der Waals surface area (Å²) in [5.74, 6) is -1.07.